The maximum Gasteiger partial charge on any atom is 0.300 e. The van der Waals surface area contributed by atoms with Crippen molar-refractivity contribution in [3.8, 4) is 17.0 Å². The highest BCUT2D eigenvalue weighted by molar-refractivity contribution is 7.90. The molecule has 0 amide bonds. The van der Waals surface area contributed by atoms with Crippen molar-refractivity contribution >= 4 is 37.6 Å². The molecule has 0 fully saturated rings. The topological polar surface area (TPSA) is 126 Å². The fourth-order valence-electron chi connectivity index (χ4n) is 2.33. The van der Waals surface area contributed by atoms with Gasteiger partial charge >= 0.3 is 0 Å². The van der Waals surface area contributed by atoms with Gasteiger partial charge in [-0.15, -0.1) is 11.3 Å². The predicted octanol–water partition coefficient (Wildman–Crippen LogP) is 1.39. The van der Waals surface area contributed by atoms with Crippen LogP contribution in [0.4, 0.5) is 5.82 Å². The number of aliphatic hydroxyl groups excluding tert-OH is 1. The Morgan fingerprint density at radius 1 is 1.27 bits per heavy atom. The van der Waals surface area contributed by atoms with Gasteiger partial charge in [0.05, 0.1) is 27.9 Å². The minimum absolute atomic E-state index is 0.0162. The summed E-state index contributed by atoms with van der Waals surface area (Å²) < 4.78 is 35.4. The van der Waals surface area contributed by atoms with Gasteiger partial charge in [0.1, 0.15) is 12.9 Å². The van der Waals surface area contributed by atoms with Gasteiger partial charge in [-0.3, -0.25) is 4.72 Å². The van der Waals surface area contributed by atoms with E-state index in [0.717, 1.165) is 10.2 Å². The van der Waals surface area contributed by atoms with Crippen LogP contribution in [0, 0.1) is 0 Å². The molecule has 2 heterocycles. The first kappa shape index (κ1) is 18.5. The molecule has 3 aromatic rings. The highest BCUT2D eigenvalue weighted by atomic mass is 32.2. The van der Waals surface area contributed by atoms with Crippen LogP contribution in [0.3, 0.4) is 0 Å². The lowest BCUT2D eigenvalue weighted by molar-refractivity contribution is 0.197. The Bertz CT molecular complexity index is 1010. The first-order chi connectivity index (χ1) is 12.5. The number of anilines is 1. The lowest BCUT2D eigenvalue weighted by Crippen LogP contribution is -2.30. The lowest BCUT2D eigenvalue weighted by Gasteiger charge is -2.15. The number of nitrogens with zero attached hydrogens (tertiary/aromatic N) is 3. The zero-order chi connectivity index (χ0) is 18.6. The van der Waals surface area contributed by atoms with E-state index in [1.807, 2.05) is 12.1 Å². The summed E-state index contributed by atoms with van der Waals surface area (Å²) in [6.07, 6.45) is 1.20. The zero-order valence-corrected chi connectivity index (χ0v) is 15.5. The van der Waals surface area contributed by atoms with Crippen LogP contribution in [0.5, 0.6) is 5.88 Å². The van der Waals surface area contributed by atoms with E-state index in [1.165, 1.54) is 17.7 Å². The van der Waals surface area contributed by atoms with Crippen LogP contribution in [0.1, 0.15) is 6.92 Å². The molecule has 0 atom stereocenters. The molecule has 9 nitrogen and oxygen atoms in total. The van der Waals surface area contributed by atoms with Gasteiger partial charge in [-0.05, 0) is 17.7 Å². The van der Waals surface area contributed by atoms with Gasteiger partial charge in [-0.1, -0.05) is 13.0 Å². The van der Waals surface area contributed by atoms with E-state index < -0.39 is 10.2 Å². The number of rotatable bonds is 8. The predicted molar refractivity (Wildman–Crippen MR) is 99.4 cm³/mol. The SMILES string of the molecule is CCNS(=O)(=O)Nc1ncnc(OCCO)c1-c1ccc2scnc2c1. The molecular weight excluding hydrogens is 378 g/mol. The molecule has 0 aliphatic carbocycles. The van der Waals surface area contributed by atoms with Gasteiger partial charge in [0.25, 0.3) is 10.2 Å². The Labute approximate surface area is 154 Å². The molecular formula is C15H17N5O4S2. The molecule has 0 bridgehead atoms. The molecule has 0 saturated heterocycles. The minimum atomic E-state index is -3.79. The van der Waals surface area contributed by atoms with E-state index in [9.17, 15) is 8.42 Å². The van der Waals surface area contributed by atoms with Crippen LogP contribution in [-0.4, -0.2) is 48.2 Å². The Balaban J connectivity index is 2.12. The van der Waals surface area contributed by atoms with Crippen molar-refractivity contribution in [2.75, 3.05) is 24.5 Å². The lowest BCUT2D eigenvalue weighted by atomic mass is 10.1. The molecule has 26 heavy (non-hydrogen) atoms. The van der Waals surface area contributed by atoms with Crippen LogP contribution in [0.15, 0.2) is 30.0 Å². The molecule has 0 saturated carbocycles. The molecule has 0 unspecified atom stereocenters. The maximum absolute atomic E-state index is 12.1. The average Bonchev–Trinajstić information content (AvgIpc) is 3.07. The van der Waals surface area contributed by atoms with Crippen LogP contribution in [0.25, 0.3) is 21.3 Å². The van der Waals surface area contributed by atoms with Crippen LogP contribution >= 0.6 is 11.3 Å². The highest BCUT2D eigenvalue weighted by Gasteiger charge is 2.20. The summed E-state index contributed by atoms with van der Waals surface area (Å²) in [7, 11) is -3.79. The Kier molecular flexibility index (Phi) is 5.61. The van der Waals surface area contributed by atoms with E-state index in [1.54, 1.807) is 18.5 Å². The number of ether oxygens (including phenoxy) is 1. The van der Waals surface area contributed by atoms with Gasteiger partial charge in [-0.2, -0.15) is 13.1 Å². The Hall–Kier alpha value is -2.34. The van der Waals surface area contributed by atoms with E-state index >= 15 is 0 Å². The number of aliphatic hydroxyl groups is 1. The second-order valence-electron chi connectivity index (χ2n) is 5.11. The quantitative estimate of drug-likeness (QED) is 0.526. The number of hydrogen-bond acceptors (Lipinski definition) is 8. The standard InChI is InChI=1S/C15H17N5O4S2/c1-2-19-26(22,23)20-14-13(15(17-8-16-14)24-6-5-21)10-3-4-12-11(7-10)18-9-25-12/h3-4,7-9,19,21H,2,5-6H2,1H3,(H,16,17,20). The molecule has 0 aliphatic rings. The van der Waals surface area contributed by atoms with Gasteiger partial charge in [0, 0.05) is 6.54 Å². The Morgan fingerprint density at radius 3 is 2.88 bits per heavy atom. The molecule has 3 rings (SSSR count). The first-order valence-electron chi connectivity index (χ1n) is 7.73. The van der Waals surface area contributed by atoms with Crippen molar-refractivity contribution in [3.63, 3.8) is 0 Å². The summed E-state index contributed by atoms with van der Waals surface area (Å²) in [5, 5.41) is 9.03. The summed E-state index contributed by atoms with van der Waals surface area (Å²) >= 11 is 1.50. The fraction of sp³-hybridized carbons (Fsp3) is 0.267. The second kappa shape index (κ2) is 7.91. The molecule has 138 valence electrons. The third-order valence-corrected chi connectivity index (χ3v) is 5.27. The zero-order valence-electron chi connectivity index (χ0n) is 13.8. The largest absolute Gasteiger partial charge is 0.475 e. The third-order valence-electron chi connectivity index (χ3n) is 3.33. The van der Waals surface area contributed by atoms with Gasteiger partial charge in [0.15, 0.2) is 5.82 Å². The van der Waals surface area contributed by atoms with Crippen molar-refractivity contribution in [2.45, 2.75) is 6.92 Å². The van der Waals surface area contributed by atoms with Crippen molar-refractivity contribution in [1.29, 1.82) is 0 Å². The maximum atomic E-state index is 12.1. The number of benzene rings is 1. The molecule has 0 spiro atoms. The molecule has 0 radical (unpaired) electrons. The van der Waals surface area contributed by atoms with Crippen LogP contribution < -0.4 is 14.2 Å². The number of aromatic nitrogens is 3. The molecule has 11 heteroatoms. The van der Waals surface area contributed by atoms with Crippen molar-refractivity contribution in [3.05, 3.63) is 30.0 Å². The minimum Gasteiger partial charge on any atom is -0.475 e. The molecule has 3 N–H and O–H groups in total. The summed E-state index contributed by atoms with van der Waals surface area (Å²) in [5.41, 5.74) is 3.52. The normalized spacial score (nSPS) is 11.6. The average molecular weight is 395 g/mol. The highest BCUT2D eigenvalue weighted by Crippen LogP contribution is 2.36. The van der Waals surface area contributed by atoms with Gasteiger partial charge in [-0.25, -0.2) is 15.0 Å². The number of nitrogens with one attached hydrogen (secondary N) is 2. The van der Waals surface area contributed by atoms with Crippen molar-refractivity contribution in [2.24, 2.45) is 0 Å². The van der Waals surface area contributed by atoms with Gasteiger partial charge < -0.3 is 9.84 Å². The molecule has 0 aliphatic heterocycles. The summed E-state index contributed by atoms with van der Waals surface area (Å²) in [5.74, 6) is 0.237. The number of hydrogen-bond donors (Lipinski definition) is 3. The smallest absolute Gasteiger partial charge is 0.300 e. The van der Waals surface area contributed by atoms with Crippen LogP contribution in [0.2, 0.25) is 0 Å². The summed E-state index contributed by atoms with van der Waals surface area (Å²) in [4.78, 5) is 12.4. The van der Waals surface area contributed by atoms with E-state index in [2.05, 4.69) is 24.4 Å². The second-order valence-corrected chi connectivity index (χ2v) is 7.50. The summed E-state index contributed by atoms with van der Waals surface area (Å²) in [6, 6.07) is 5.51. The van der Waals surface area contributed by atoms with Gasteiger partial charge in [0.2, 0.25) is 5.88 Å². The molecule has 1 aromatic carbocycles. The third kappa shape index (κ3) is 4.07. The number of thiazole rings is 1. The van der Waals surface area contributed by atoms with Crippen LogP contribution in [-0.2, 0) is 10.2 Å². The number of fused-ring (bicyclic) bond motifs is 1. The van der Waals surface area contributed by atoms with E-state index in [0.29, 0.717) is 11.1 Å². The Morgan fingerprint density at radius 2 is 2.12 bits per heavy atom. The monoisotopic (exact) mass is 395 g/mol. The fourth-order valence-corrected chi connectivity index (χ4v) is 3.85. The van der Waals surface area contributed by atoms with Crippen molar-refractivity contribution < 1.29 is 18.3 Å². The summed E-state index contributed by atoms with van der Waals surface area (Å²) in [6.45, 7) is 1.72. The van der Waals surface area contributed by atoms with E-state index in [-0.39, 0.29) is 31.5 Å². The first-order valence-corrected chi connectivity index (χ1v) is 10.1. The van der Waals surface area contributed by atoms with E-state index in [4.69, 9.17) is 9.84 Å². The van der Waals surface area contributed by atoms with Crippen molar-refractivity contribution in [1.82, 2.24) is 19.7 Å². The molecule has 2 aromatic heterocycles.